The number of aryl methyl sites for hydroxylation is 4. The number of aromatic nitrogens is 2. The van der Waals surface area contributed by atoms with Crippen molar-refractivity contribution in [3.63, 3.8) is 0 Å². The highest BCUT2D eigenvalue weighted by Gasteiger charge is 1.97. The van der Waals surface area contributed by atoms with Crippen LogP contribution in [0.1, 0.15) is 22.5 Å². The van der Waals surface area contributed by atoms with Crippen molar-refractivity contribution in [2.45, 2.75) is 26.7 Å². The summed E-state index contributed by atoms with van der Waals surface area (Å²) in [7, 11) is 0. The first-order valence-corrected chi connectivity index (χ1v) is 5.57. The lowest BCUT2D eigenvalue weighted by molar-refractivity contribution is 0.890. The van der Waals surface area contributed by atoms with Gasteiger partial charge < -0.3 is 0 Å². The second-order valence-corrected chi connectivity index (χ2v) is 4.13. The lowest BCUT2D eigenvalue weighted by atomic mass is 10.1. The van der Waals surface area contributed by atoms with Gasteiger partial charge in [-0.1, -0.05) is 29.8 Å². The molecule has 2 aromatic rings. The molecule has 1 aromatic carbocycles. The molecule has 0 amide bonds. The van der Waals surface area contributed by atoms with E-state index in [1.807, 2.05) is 19.3 Å². The molecule has 2 nitrogen and oxygen atoms in total. The topological polar surface area (TPSA) is 25.8 Å². The van der Waals surface area contributed by atoms with Crippen LogP contribution in [-0.2, 0) is 12.8 Å². The molecule has 1 aromatic heterocycles. The van der Waals surface area contributed by atoms with Crippen LogP contribution in [0.5, 0.6) is 0 Å². The third-order valence-corrected chi connectivity index (χ3v) is 2.62. The molecule has 0 aliphatic carbocycles. The van der Waals surface area contributed by atoms with Gasteiger partial charge in [0.15, 0.2) is 0 Å². The summed E-state index contributed by atoms with van der Waals surface area (Å²) in [6, 6.07) is 8.65. The molecular weight excluding hydrogens is 196 g/mol. The summed E-state index contributed by atoms with van der Waals surface area (Å²) in [5, 5.41) is 0. The van der Waals surface area contributed by atoms with Gasteiger partial charge in [0.25, 0.3) is 0 Å². The Labute approximate surface area is 96.4 Å². The van der Waals surface area contributed by atoms with Crippen LogP contribution < -0.4 is 0 Å². The Morgan fingerprint density at radius 2 is 1.62 bits per heavy atom. The van der Waals surface area contributed by atoms with Gasteiger partial charge in [-0.2, -0.15) is 0 Å². The zero-order chi connectivity index (χ0) is 11.4. The average Bonchev–Trinajstić information content (AvgIpc) is 2.30. The predicted octanol–water partition coefficient (Wildman–Crippen LogP) is 2.88. The second kappa shape index (κ2) is 4.88. The Morgan fingerprint density at radius 1 is 0.875 bits per heavy atom. The quantitative estimate of drug-likeness (QED) is 0.781. The van der Waals surface area contributed by atoms with Crippen molar-refractivity contribution in [2.24, 2.45) is 0 Å². The maximum absolute atomic E-state index is 4.35. The Balaban J connectivity index is 1.97. The summed E-state index contributed by atoms with van der Waals surface area (Å²) < 4.78 is 0. The second-order valence-electron chi connectivity index (χ2n) is 4.13. The highest BCUT2D eigenvalue weighted by atomic mass is 14.8. The Bertz CT molecular complexity index is 398. The lowest BCUT2D eigenvalue weighted by Crippen LogP contribution is -1.96. The highest BCUT2D eigenvalue weighted by molar-refractivity contribution is 5.22. The smallest absolute Gasteiger partial charge is 0.0590 e. The van der Waals surface area contributed by atoms with Crippen molar-refractivity contribution in [2.75, 3.05) is 0 Å². The number of rotatable bonds is 3. The third kappa shape index (κ3) is 2.89. The third-order valence-electron chi connectivity index (χ3n) is 2.62. The number of nitrogens with zero attached hydrogens (tertiary/aromatic N) is 2. The lowest BCUT2D eigenvalue weighted by Gasteiger charge is -2.02. The Kier molecular flexibility index (Phi) is 3.30. The summed E-state index contributed by atoms with van der Waals surface area (Å²) in [6.07, 6.45) is 5.67. The molecule has 2 heteroatoms. The molecule has 0 bridgehead atoms. The zero-order valence-electron chi connectivity index (χ0n) is 9.77. The van der Waals surface area contributed by atoms with Crippen LogP contribution in [0.3, 0.4) is 0 Å². The normalized spacial score (nSPS) is 10.4. The van der Waals surface area contributed by atoms with E-state index in [1.165, 1.54) is 11.1 Å². The minimum Gasteiger partial charge on any atom is -0.258 e. The molecule has 0 aliphatic heterocycles. The van der Waals surface area contributed by atoms with Gasteiger partial charge in [0, 0.05) is 12.4 Å². The summed E-state index contributed by atoms with van der Waals surface area (Å²) in [6.45, 7) is 4.06. The molecule has 82 valence electrons. The van der Waals surface area contributed by atoms with E-state index in [9.17, 15) is 0 Å². The standard InChI is InChI=1S/C14H16N2/c1-11-3-5-13(6-4-11)7-8-14-10-15-12(2)9-16-14/h3-6,9-10H,7-8H2,1-2H3. The van der Waals surface area contributed by atoms with Crippen molar-refractivity contribution in [1.29, 1.82) is 0 Å². The van der Waals surface area contributed by atoms with Crippen LogP contribution in [0.25, 0.3) is 0 Å². The fourth-order valence-corrected chi connectivity index (χ4v) is 1.58. The van der Waals surface area contributed by atoms with E-state index in [0.717, 1.165) is 24.2 Å². The molecule has 0 spiro atoms. The highest BCUT2D eigenvalue weighted by Crippen LogP contribution is 2.06. The van der Waals surface area contributed by atoms with Gasteiger partial charge in [-0.15, -0.1) is 0 Å². The minimum absolute atomic E-state index is 0.955. The molecule has 1 heterocycles. The van der Waals surface area contributed by atoms with Gasteiger partial charge in [-0.05, 0) is 32.3 Å². The van der Waals surface area contributed by atoms with E-state index in [-0.39, 0.29) is 0 Å². The van der Waals surface area contributed by atoms with E-state index in [0.29, 0.717) is 0 Å². The molecule has 0 N–H and O–H groups in total. The number of hydrogen-bond acceptors (Lipinski definition) is 2. The van der Waals surface area contributed by atoms with Gasteiger partial charge in [-0.25, -0.2) is 0 Å². The summed E-state index contributed by atoms with van der Waals surface area (Å²) >= 11 is 0. The maximum atomic E-state index is 4.35. The largest absolute Gasteiger partial charge is 0.258 e. The zero-order valence-corrected chi connectivity index (χ0v) is 9.77. The first-order valence-electron chi connectivity index (χ1n) is 5.57. The van der Waals surface area contributed by atoms with E-state index in [1.54, 1.807) is 0 Å². The Morgan fingerprint density at radius 3 is 2.25 bits per heavy atom. The van der Waals surface area contributed by atoms with E-state index in [2.05, 4.69) is 41.2 Å². The van der Waals surface area contributed by atoms with Crippen molar-refractivity contribution in [1.82, 2.24) is 9.97 Å². The SMILES string of the molecule is Cc1ccc(CCc2cnc(C)cn2)cc1. The molecule has 16 heavy (non-hydrogen) atoms. The van der Waals surface area contributed by atoms with Crippen LogP contribution in [-0.4, -0.2) is 9.97 Å². The van der Waals surface area contributed by atoms with E-state index in [4.69, 9.17) is 0 Å². The molecule has 2 rings (SSSR count). The summed E-state index contributed by atoms with van der Waals surface area (Å²) in [5.41, 5.74) is 4.69. The monoisotopic (exact) mass is 212 g/mol. The molecule has 0 fully saturated rings. The van der Waals surface area contributed by atoms with Crippen LogP contribution in [0.4, 0.5) is 0 Å². The van der Waals surface area contributed by atoms with Crippen LogP contribution >= 0.6 is 0 Å². The summed E-state index contributed by atoms with van der Waals surface area (Å²) in [4.78, 5) is 8.59. The molecule has 0 aliphatic rings. The van der Waals surface area contributed by atoms with Crippen LogP contribution in [0.15, 0.2) is 36.7 Å². The van der Waals surface area contributed by atoms with Gasteiger partial charge in [0.05, 0.1) is 11.4 Å². The maximum Gasteiger partial charge on any atom is 0.0590 e. The van der Waals surface area contributed by atoms with E-state index >= 15 is 0 Å². The van der Waals surface area contributed by atoms with Crippen molar-refractivity contribution >= 4 is 0 Å². The molecule has 0 saturated carbocycles. The molecule has 0 atom stereocenters. The fraction of sp³-hybridized carbons (Fsp3) is 0.286. The fourth-order valence-electron chi connectivity index (χ4n) is 1.58. The Hall–Kier alpha value is -1.70. The van der Waals surface area contributed by atoms with Gasteiger partial charge in [0.2, 0.25) is 0 Å². The predicted molar refractivity (Wildman–Crippen MR) is 65.4 cm³/mol. The van der Waals surface area contributed by atoms with Crippen molar-refractivity contribution < 1.29 is 0 Å². The molecular formula is C14H16N2. The van der Waals surface area contributed by atoms with Gasteiger partial charge in [0.1, 0.15) is 0 Å². The number of hydrogen-bond donors (Lipinski definition) is 0. The molecule has 0 radical (unpaired) electrons. The first kappa shape index (κ1) is 10.8. The molecule has 0 unspecified atom stereocenters. The minimum atomic E-state index is 0.955. The van der Waals surface area contributed by atoms with Crippen molar-refractivity contribution in [3.8, 4) is 0 Å². The number of benzene rings is 1. The average molecular weight is 212 g/mol. The van der Waals surface area contributed by atoms with Gasteiger partial charge in [-0.3, -0.25) is 9.97 Å². The van der Waals surface area contributed by atoms with Crippen LogP contribution in [0.2, 0.25) is 0 Å². The van der Waals surface area contributed by atoms with Crippen LogP contribution in [0, 0.1) is 13.8 Å². The first-order chi connectivity index (χ1) is 7.74. The van der Waals surface area contributed by atoms with E-state index < -0.39 is 0 Å². The van der Waals surface area contributed by atoms with Gasteiger partial charge >= 0.3 is 0 Å². The summed E-state index contributed by atoms with van der Waals surface area (Å²) in [5.74, 6) is 0. The van der Waals surface area contributed by atoms with Crippen molar-refractivity contribution in [3.05, 3.63) is 59.2 Å². The molecule has 0 saturated heterocycles.